The van der Waals surface area contributed by atoms with Crippen molar-refractivity contribution in [1.82, 2.24) is 14.5 Å². The fourth-order valence-corrected chi connectivity index (χ4v) is 1.43. The summed E-state index contributed by atoms with van der Waals surface area (Å²) in [6.07, 6.45) is 2.41. The fraction of sp³-hybridized carbons (Fsp3) is 0.667. The van der Waals surface area contributed by atoms with Crippen molar-refractivity contribution >= 4 is 0 Å². The van der Waals surface area contributed by atoms with Crippen LogP contribution in [0.1, 0.15) is 27.2 Å². The van der Waals surface area contributed by atoms with Crippen LogP contribution in [0.3, 0.4) is 0 Å². The normalized spacial score (nSPS) is 12.1. The summed E-state index contributed by atoms with van der Waals surface area (Å²) in [6, 6.07) is 1.37. The first-order chi connectivity index (χ1) is 7.80. The molecule has 5 nitrogen and oxygen atoms in total. The highest BCUT2D eigenvalue weighted by molar-refractivity contribution is 4.82. The third-order valence-electron chi connectivity index (χ3n) is 2.93. The first-order valence-corrected chi connectivity index (χ1v) is 5.82. The first-order valence-electron chi connectivity index (χ1n) is 5.82. The van der Waals surface area contributed by atoms with E-state index in [0.29, 0.717) is 6.54 Å². The molecule has 0 atom stereocenters. The Morgan fingerprint density at radius 2 is 2.00 bits per heavy atom. The van der Waals surface area contributed by atoms with E-state index >= 15 is 0 Å². The van der Waals surface area contributed by atoms with Gasteiger partial charge in [-0.05, 0) is 34.2 Å². The van der Waals surface area contributed by atoms with E-state index in [4.69, 9.17) is 0 Å². The SMILES string of the molecule is CN(CCCn1ccc(=O)[nH]c1=O)C(C)(C)C. The van der Waals surface area contributed by atoms with Crippen molar-refractivity contribution < 1.29 is 0 Å². The standard InChI is InChI=1S/C12H21N3O2/c1-12(2,3)14(4)7-5-8-15-9-6-10(16)13-11(15)17/h6,9H,5,7-8H2,1-4H3,(H,13,16,17). The van der Waals surface area contributed by atoms with E-state index in [1.165, 1.54) is 16.8 Å². The second-order valence-corrected chi connectivity index (χ2v) is 5.25. The van der Waals surface area contributed by atoms with E-state index < -0.39 is 0 Å². The zero-order valence-electron chi connectivity index (χ0n) is 11.0. The lowest BCUT2D eigenvalue weighted by molar-refractivity contribution is 0.171. The first kappa shape index (κ1) is 13.7. The maximum atomic E-state index is 11.4. The van der Waals surface area contributed by atoms with Crippen molar-refractivity contribution in [3.63, 3.8) is 0 Å². The third-order valence-corrected chi connectivity index (χ3v) is 2.93. The Hall–Kier alpha value is -1.36. The minimum atomic E-state index is -0.349. The smallest absolute Gasteiger partial charge is 0.301 e. The van der Waals surface area contributed by atoms with Gasteiger partial charge in [-0.3, -0.25) is 9.78 Å². The molecule has 0 fully saturated rings. The molecule has 1 rings (SSSR count). The van der Waals surface area contributed by atoms with Crippen LogP contribution in [-0.2, 0) is 6.54 Å². The van der Waals surface area contributed by atoms with Gasteiger partial charge >= 0.3 is 5.69 Å². The van der Waals surface area contributed by atoms with Crippen LogP contribution in [0.2, 0.25) is 0 Å². The van der Waals surface area contributed by atoms with E-state index in [-0.39, 0.29) is 16.8 Å². The van der Waals surface area contributed by atoms with Crippen molar-refractivity contribution in [1.29, 1.82) is 0 Å². The summed E-state index contributed by atoms with van der Waals surface area (Å²) in [5.41, 5.74) is -0.551. The summed E-state index contributed by atoms with van der Waals surface area (Å²) in [5, 5.41) is 0. The van der Waals surface area contributed by atoms with Crippen molar-refractivity contribution in [3.05, 3.63) is 33.1 Å². The minimum absolute atomic E-state index is 0.135. The number of aromatic nitrogens is 2. The Balaban J connectivity index is 2.52. The Morgan fingerprint density at radius 1 is 1.35 bits per heavy atom. The highest BCUT2D eigenvalue weighted by atomic mass is 16.2. The molecule has 0 amide bonds. The number of H-pyrrole nitrogens is 1. The lowest BCUT2D eigenvalue weighted by atomic mass is 10.1. The Kier molecular flexibility index (Phi) is 4.28. The molecule has 0 saturated heterocycles. The quantitative estimate of drug-likeness (QED) is 0.839. The van der Waals surface area contributed by atoms with Gasteiger partial charge in [-0.15, -0.1) is 0 Å². The topological polar surface area (TPSA) is 58.1 Å². The van der Waals surface area contributed by atoms with Gasteiger partial charge in [0.2, 0.25) is 0 Å². The molecule has 0 unspecified atom stereocenters. The maximum absolute atomic E-state index is 11.4. The molecule has 0 aliphatic heterocycles. The fourth-order valence-electron chi connectivity index (χ4n) is 1.43. The van der Waals surface area contributed by atoms with Gasteiger partial charge in [0.05, 0.1) is 0 Å². The van der Waals surface area contributed by atoms with Gasteiger partial charge in [-0.1, -0.05) is 0 Å². The van der Waals surface area contributed by atoms with E-state index in [1.807, 2.05) is 0 Å². The zero-order valence-corrected chi connectivity index (χ0v) is 11.0. The van der Waals surface area contributed by atoms with Gasteiger partial charge in [0.25, 0.3) is 5.56 Å². The number of nitrogens with one attached hydrogen (secondary N) is 1. The molecule has 1 aromatic heterocycles. The monoisotopic (exact) mass is 239 g/mol. The summed E-state index contributed by atoms with van der Waals surface area (Å²) < 4.78 is 1.53. The maximum Gasteiger partial charge on any atom is 0.328 e. The molecule has 96 valence electrons. The molecule has 1 aromatic rings. The lowest BCUT2D eigenvalue weighted by Gasteiger charge is -2.31. The van der Waals surface area contributed by atoms with Crippen molar-refractivity contribution in [2.45, 2.75) is 39.3 Å². The van der Waals surface area contributed by atoms with Crippen LogP contribution in [0.15, 0.2) is 21.9 Å². The average molecular weight is 239 g/mol. The Labute approximate surface area is 101 Å². The summed E-state index contributed by atoms with van der Waals surface area (Å²) >= 11 is 0. The molecular weight excluding hydrogens is 218 g/mol. The van der Waals surface area contributed by atoms with Crippen LogP contribution >= 0.6 is 0 Å². The number of hydrogen-bond acceptors (Lipinski definition) is 3. The molecule has 1 heterocycles. The minimum Gasteiger partial charge on any atom is -0.301 e. The van der Waals surface area contributed by atoms with Gasteiger partial charge in [0.1, 0.15) is 0 Å². The number of rotatable bonds is 4. The average Bonchev–Trinajstić information content (AvgIpc) is 2.19. The van der Waals surface area contributed by atoms with E-state index in [2.05, 4.69) is 37.7 Å². The Bertz CT molecular complexity index is 468. The number of aryl methyl sites for hydroxylation is 1. The second kappa shape index (κ2) is 5.31. The molecule has 0 bridgehead atoms. The number of aromatic amines is 1. The van der Waals surface area contributed by atoms with E-state index in [9.17, 15) is 9.59 Å². The molecule has 0 aliphatic carbocycles. The van der Waals surface area contributed by atoms with Gasteiger partial charge < -0.3 is 9.47 Å². The molecule has 17 heavy (non-hydrogen) atoms. The molecule has 0 aliphatic rings. The summed E-state index contributed by atoms with van der Waals surface area (Å²) in [6.45, 7) is 7.99. The van der Waals surface area contributed by atoms with Gasteiger partial charge in [0, 0.05) is 30.9 Å². The molecule has 0 saturated carbocycles. The van der Waals surface area contributed by atoms with Crippen molar-refractivity contribution in [2.24, 2.45) is 0 Å². The number of nitrogens with zero attached hydrogens (tertiary/aromatic N) is 2. The molecule has 0 radical (unpaired) electrons. The van der Waals surface area contributed by atoms with Crippen LogP contribution < -0.4 is 11.2 Å². The largest absolute Gasteiger partial charge is 0.328 e. The van der Waals surface area contributed by atoms with E-state index in [0.717, 1.165) is 13.0 Å². The van der Waals surface area contributed by atoms with Crippen LogP contribution in [0.25, 0.3) is 0 Å². The number of hydrogen-bond donors (Lipinski definition) is 1. The molecular formula is C12H21N3O2. The van der Waals surface area contributed by atoms with Crippen LogP contribution in [0, 0.1) is 0 Å². The summed E-state index contributed by atoms with van der Waals surface area (Å²) in [5.74, 6) is 0. The predicted molar refractivity (Wildman–Crippen MR) is 68.3 cm³/mol. The summed E-state index contributed by atoms with van der Waals surface area (Å²) in [7, 11) is 2.07. The van der Waals surface area contributed by atoms with Crippen LogP contribution in [0.4, 0.5) is 0 Å². The third kappa shape index (κ3) is 4.19. The molecule has 1 N–H and O–H groups in total. The van der Waals surface area contributed by atoms with Gasteiger partial charge in [0.15, 0.2) is 0 Å². The highest BCUT2D eigenvalue weighted by Gasteiger charge is 2.15. The summed E-state index contributed by atoms with van der Waals surface area (Å²) in [4.78, 5) is 26.8. The van der Waals surface area contributed by atoms with Crippen molar-refractivity contribution in [3.8, 4) is 0 Å². The van der Waals surface area contributed by atoms with Crippen LogP contribution in [0.5, 0.6) is 0 Å². The van der Waals surface area contributed by atoms with Gasteiger partial charge in [-0.2, -0.15) is 0 Å². The van der Waals surface area contributed by atoms with Gasteiger partial charge in [-0.25, -0.2) is 4.79 Å². The predicted octanol–water partition coefficient (Wildman–Crippen LogP) is 0.657. The molecule has 0 aromatic carbocycles. The van der Waals surface area contributed by atoms with Crippen LogP contribution in [-0.4, -0.2) is 33.6 Å². The molecule has 0 spiro atoms. The molecule has 5 heteroatoms. The van der Waals surface area contributed by atoms with Crippen molar-refractivity contribution in [2.75, 3.05) is 13.6 Å². The second-order valence-electron chi connectivity index (χ2n) is 5.25. The highest BCUT2D eigenvalue weighted by Crippen LogP contribution is 2.10. The zero-order chi connectivity index (χ0) is 13.1. The Morgan fingerprint density at radius 3 is 2.53 bits per heavy atom. The lowest BCUT2D eigenvalue weighted by Crippen LogP contribution is -2.39. The van der Waals surface area contributed by atoms with E-state index in [1.54, 1.807) is 0 Å².